The quantitative estimate of drug-likeness (QED) is 0.397. The molecule has 0 aliphatic carbocycles. The number of thiophene rings is 1. The molecule has 36 heavy (non-hydrogen) atoms. The Labute approximate surface area is 215 Å². The second-order valence-electron chi connectivity index (χ2n) is 9.20. The number of rotatable bonds is 9. The number of halogens is 1. The van der Waals surface area contributed by atoms with Crippen LogP contribution in [0, 0.1) is 11.7 Å². The van der Waals surface area contributed by atoms with Crippen molar-refractivity contribution in [2.75, 3.05) is 33.4 Å². The van der Waals surface area contributed by atoms with E-state index in [0.29, 0.717) is 24.6 Å². The Balaban J connectivity index is 1.54. The van der Waals surface area contributed by atoms with Crippen molar-refractivity contribution in [1.82, 2.24) is 9.80 Å². The molecule has 2 aromatic carbocycles. The molecule has 0 saturated heterocycles. The largest absolute Gasteiger partial charge is 0.497 e. The number of ether oxygens (including phenoxy) is 2. The number of amides is 2. The molecular formula is C28H31FN2O4S. The molecule has 0 fully saturated rings. The van der Waals surface area contributed by atoms with Gasteiger partial charge in [0, 0.05) is 24.0 Å². The second-order valence-corrected chi connectivity index (χ2v) is 10.2. The first-order valence-corrected chi connectivity index (χ1v) is 12.9. The van der Waals surface area contributed by atoms with Gasteiger partial charge < -0.3 is 19.3 Å². The van der Waals surface area contributed by atoms with Crippen molar-refractivity contribution in [2.45, 2.75) is 26.3 Å². The monoisotopic (exact) mass is 510 g/mol. The molecule has 1 aliphatic heterocycles. The molecule has 6 nitrogen and oxygen atoms in total. The minimum atomic E-state index is -0.589. The smallest absolute Gasteiger partial charge is 0.257 e. The fourth-order valence-electron chi connectivity index (χ4n) is 4.46. The maximum absolute atomic E-state index is 14.4. The van der Waals surface area contributed by atoms with Crippen LogP contribution in [0.2, 0.25) is 0 Å². The van der Waals surface area contributed by atoms with Gasteiger partial charge in [-0.25, -0.2) is 4.39 Å². The number of fused-ring (bicyclic) bond motifs is 1. The lowest BCUT2D eigenvalue weighted by atomic mass is 10.00. The van der Waals surface area contributed by atoms with Gasteiger partial charge in [0.15, 0.2) is 0 Å². The van der Waals surface area contributed by atoms with Gasteiger partial charge in [-0.15, -0.1) is 11.3 Å². The van der Waals surface area contributed by atoms with Gasteiger partial charge in [0.2, 0.25) is 5.91 Å². The fourth-order valence-corrected chi connectivity index (χ4v) is 5.39. The van der Waals surface area contributed by atoms with Crippen LogP contribution in [0.4, 0.5) is 4.39 Å². The Morgan fingerprint density at radius 1 is 1.14 bits per heavy atom. The van der Waals surface area contributed by atoms with E-state index in [-0.39, 0.29) is 36.6 Å². The average Bonchev–Trinajstić information content (AvgIpc) is 3.36. The summed E-state index contributed by atoms with van der Waals surface area (Å²) in [6.45, 7) is 4.96. The summed E-state index contributed by atoms with van der Waals surface area (Å²) in [5, 5.41) is 2.03. The maximum Gasteiger partial charge on any atom is 0.257 e. The zero-order valence-electron chi connectivity index (χ0n) is 20.8. The molecule has 1 aliphatic rings. The number of carbonyl (C=O) groups excluding carboxylic acids is 2. The van der Waals surface area contributed by atoms with E-state index in [4.69, 9.17) is 9.47 Å². The molecule has 8 heteroatoms. The van der Waals surface area contributed by atoms with Crippen molar-refractivity contribution in [3.05, 3.63) is 81.8 Å². The average molecular weight is 511 g/mol. The summed E-state index contributed by atoms with van der Waals surface area (Å²) in [5.74, 6) is 0.209. The number of hydrogen-bond donors (Lipinski definition) is 0. The molecule has 4 rings (SSSR count). The van der Waals surface area contributed by atoms with E-state index in [1.807, 2.05) is 43.5 Å². The van der Waals surface area contributed by atoms with Gasteiger partial charge in [0.25, 0.3) is 5.91 Å². The molecule has 190 valence electrons. The SMILES string of the molecule is COc1cccc(OCC2c3ccsc3CCN2C(=O)CN(CC(C)C)C(=O)c2ccccc2F)c1. The molecule has 0 bridgehead atoms. The zero-order valence-corrected chi connectivity index (χ0v) is 21.6. The van der Waals surface area contributed by atoms with Crippen molar-refractivity contribution in [1.29, 1.82) is 0 Å². The van der Waals surface area contributed by atoms with Crippen LogP contribution in [0.15, 0.2) is 60.0 Å². The predicted octanol–water partition coefficient (Wildman–Crippen LogP) is 5.20. The van der Waals surface area contributed by atoms with Crippen LogP contribution in [-0.4, -0.2) is 55.0 Å². The lowest BCUT2D eigenvalue weighted by molar-refractivity contribution is -0.135. The summed E-state index contributed by atoms with van der Waals surface area (Å²) in [4.78, 5) is 31.3. The number of nitrogens with zero attached hydrogens (tertiary/aromatic N) is 2. The lowest BCUT2D eigenvalue weighted by Crippen LogP contribution is -2.48. The van der Waals surface area contributed by atoms with Crippen molar-refractivity contribution >= 4 is 23.2 Å². The van der Waals surface area contributed by atoms with Gasteiger partial charge in [0.05, 0.1) is 18.7 Å². The van der Waals surface area contributed by atoms with Crippen molar-refractivity contribution in [3.63, 3.8) is 0 Å². The van der Waals surface area contributed by atoms with Gasteiger partial charge in [-0.2, -0.15) is 0 Å². The highest BCUT2D eigenvalue weighted by atomic mass is 32.1. The third-order valence-electron chi connectivity index (χ3n) is 6.17. The number of methoxy groups -OCH3 is 1. The fraction of sp³-hybridized carbons (Fsp3) is 0.357. The van der Waals surface area contributed by atoms with Gasteiger partial charge in [-0.1, -0.05) is 32.0 Å². The highest BCUT2D eigenvalue weighted by Crippen LogP contribution is 2.34. The predicted molar refractivity (Wildman–Crippen MR) is 138 cm³/mol. The van der Waals surface area contributed by atoms with E-state index >= 15 is 0 Å². The first-order valence-electron chi connectivity index (χ1n) is 12.0. The standard InChI is InChI=1S/C28H31FN2O4S/c1-19(2)16-30(28(33)22-9-4-5-10-24(22)29)17-27(32)31-13-11-26-23(12-14-36-26)25(31)18-35-21-8-6-7-20(15-21)34-3/h4-10,12,14-15,19,25H,11,13,16-18H2,1-3H3. The number of benzene rings is 2. The molecule has 2 heterocycles. The third-order valence-corrected chi connectivity index (χ3v) is 7.16. The van der Waals surface area contributed by atoms with Crippen LogP contribution in [0.1, 0.15) is 40.7 Å². The van der Waals surface area contributed by atoms with E-state index in [9.17, 15) is 14.0 Å². The molecule has 0 radical (unpaired) electrons. The first kappa shape index (κ1) is 25.7. The van der Waals surface area contributed by atoms with Crippen LogP contribution in [0.5, 0.6) is 11.5 Å². The van der Waals surface area contributed by atoms with Gasteiger partial charge in [-0.05, 0) is 53.6 Å². The van der Waals surface area contributed by atoms with Crippen LogP contribution >= 0.6 is 11.3 Å². The molecule has 3 aromatic rings. The van der Waals surface area contributed by atoms with E-state index < -0.39 is 11.7 Å². The second kappa shape index (κ2) is 11.6. The molecule has 2 amide bonds. The highest BCUT2D eigenvalue weighted by molar-refractivity contribution is 7.10. The van der Waals surface area contributed by atoms with E-state index in [2.05, 4.69) is 0 Å². The third kappa shape index (κ3) is 5.87. The Hall–Kier alpha value is -3.39. The number of hydrogen-bond acceptors (Lipinski definition) is 5. The molecule has 0 N–H and O–H groups in total. The zero-order chi connectivity index (χ0) is 25.7. The van der Waals surface area contributed by atoms with E-state index in [0.717, 1.165) is 12.0 Å². The minimum Gasteiger partial charge on any atom is -0.497 e. The Bertz CT molecular complexity index is 1210. The van der Waals surface area contributed by atoms with Gasteiger partial charge in [0.1, 0.15) is 30.5 Å². The summed E-state index contributed by atoms with van der Waals surface area (Å²) >= 11 is 1.68. The Morgan fingerprint density at radius 2 is 1.92 bits per heavy atom. The van der Waals surface area contributed by atoms with Crippen molar-refractivity contribution in [2.24, 2.45) is 5.92 Å². The molecular weight excluding hydrogens is 479 g/mol. The molecule has 0 saturated carbocycles. The Morgan fingerprint density at radius 3 is 2.67 bits per heavy atom. The Kier molecular flexibility index (Phi) is 8.25. The number of carbonyl (C=O) groups is 2. The summed E-state index contributed by atoms with van der Waals surface area (Å²) in [6.07, 6.45) is 0.750. The van der Waals surface area contributed by atoms with Crippen LogP contribution in [0.3, 0.4) is 0 Å². The van der Waals surface area contributed by atoms with Crippen LogP contribution in [-0.2, 0) is 11.2 Å². The van der Waals surface area contributed by atoms with Gasteiger partial charge >= 0.3 is 0 Å². The van der Waals surface area contributed by atoms with E-state index in [1.165, 1.54) is 21.9 Å². The summed E-state index contributed by atoms with van der Waals surface area (Å²) in [6, 6.07) is 15.0. The van der Waals surface area contributed by atoms with Crippen LogP contribution < -0.4 is 9.47 Å². The molecule has 1 aromatic heterocycles. The molecule has 0 spiro atoms. The summed E-state index contributed by atoms with van der Waals surface area (Å²) < 4.78 is 25.8. The summed E-state index contributed by atoms with van der Waals surface area (Å²) in [5.41, 5.74) is 1.04. The maximum atomic E-state index is 14.4. The molecule has 1 atom stereocenters. The first-order chi connectivity index (χ1) is 17.4. The van der Waals surface area contributed by atoms with Gasteiger partial charge in [-0.3, -0.25) is 9.59 Å². The van der Waals surface area contributed by atoms with Crippen molar-refractivity contribution < 1.29 is 23.5 Å². The topological polar surface area (TPSA) is 59.1 Å². The molecule has 1 unspecified atom stereocenters. The highest BCUT2D eigenvalue weighted by Gasteiger charge is 2.34. The van der Waals surface area contributed by atoms with E-state index in [1.54, 1.807) is 41.5 Å². The van der Waals surface area contributed by atoms with Crippen molar-refractivity contribution in [3.8, 4) is 11.5 Å². The minimum absolute atomic E-state index is 0.0253. The lowest BCUT2D eigenvalue weighted by Gasteiger charge is -2.37. The van der Waals surface area contributed by atoms with Crippen LogP contribution in [0.25, 0.3) is 0 Å². The summed E-state index contributed by atoms with van der Waals surface area (Å²) in [7, 11) is 1.60. The normalized spacial score (nSPS) is 14.9.